The van der Waals surface area contributed by atoms with Gasteiger partial charge in [0.05, 0.1) is 18.4 Å². The molecule has 2 atom stereocenters. The Morgan fingerprint density at radius 2 is 2.53 bits per heavy atom. The Balaban J connectivity index is 1.53. The van der Waals surface area contributed by atoms with Gasteiger partial charge in [0.1, 0.15) is 5.76 Å². The van der Waals surface area contributed by atoms with Crippen LogP contribution in [0.1, 0.15) is 25.0 Å². The van der Waals surface area contributed by atoms with Crippen LogP contribution in [0.5, 0.6) is 0 Å². The molecular formula is C13H19NO2S. The molecule has 2 aliphatic heterocycles. The highest BCUT2D eigenvalue weighted by Gasteiger charge is 2.40. The van der Waals surface area contributed by atoms with Crippen molar-refractivity contribution in [3.05, 3.63) is 24.2 Å². The van der Waals surface area contributed by atoms with Gasteiger partial charge in [-0.3, -0.25) is 0 Å². The van der Waals surface area contributed by atoms with Crippen LogP contribution in [0.2, 0.25) is 0 Å². The minimum absolute atomic E-state index is 0.170. The smallest absolute Gasteiger partial charge is 0.117 e. The fourth-order valence-electron chi connectivity index (χ4n) is 2.72. The third-order valence-electron chi connectivity index (χ3n) is 3.71. The third-order valence-corrected chi connectivity index (χ3v) is 4.93. The molecule has 4 heteroatoms. The number of nitrogens with one attached hydrogen (secondary N) is 1. The van der Waals surface area contributed by atoms with E-state index in [1.54, 1.807) is 6.26 Å². The lowest BCUT2D eigenvalue weighted by molar-refractivity contribution is -0.0704. The maximum atomic E-state index is 6.01. The van der Waals surface area contributed by atoms with Crippen LogP contribution in [0, 0.1) is 0 Å². The zero-order valence-corrected chi connectivity index (χ0v) is 10.8. The van der Waals surface area contributed by atoms with E-state index in [0.29, 0.717) is 6.04 Å². The summed E-state index contributed by atoms with van der Waals surface area (Å²) in [7, 11) is 0. The zero-order valence-electron chi connectivity index (χ0n) is 9.98. The normalized spacial score (nSPS) is 33.3. The highest BCUT2D eigenvalue weighted by Crippen LogP contribution is 2.38. The summed E-state index contributed by atoms with van der Waals surface area (Å²) in [6, 6.07) is 4.54. The average Bonchev–Trinajstić information content (AvgIpc) is 2.99. The second-order valence-corrected chi connectivity index (χ2v) is 6.09. The first kappa shape index (κ1) is 11.6. The van der Waals surface area contributed by atoms with Crippen LogP contribution in [0.25, 0.3) is 0 Å². The summed E-state index contributed by atoms with van der Waals surface area (Å²) < 4.78 is 11.4. The van der Waals surface area contributed by atoms with Gasteiger partial charge in [0.2, 0.25) is 0 Å². The molecule has 2 aliphatic rings. The number of furan rings is 1. The maximum absolute atomic E-state index is 6.01. The largest absolute Gasteiger partial charge is 0.468 e. The monoisotopic (exact) mass is 253 g/mol. The molecule has 0 amide bonds. The molecule has 94 valence electrons. The van der Waals surface area contributed by atoms with Crippen molar-refractivity contribution in [2.75, 3.05) is 18.1 Å². The summed E-state index contributed by atoms with van der Waals surface area (Å²) in [5.41, 5.74) is 0.170. The van der Waals surface area contributed by atoms with Gasteiger partial charge in [-0.05, 0) is 37.1 Å². The topological polar surface area (TPSA) is 34.4 Å². The zero-order chi connectivity index (χ0) is 11.6. The van der Waals surface area contributed by atoms with Crippen LogP contribution in [-0.4, -0.2) is 29.8 Å². The predicted molar refractivity (Wildman–Crippen MR) is 69.2 cm³/mol. The van der Waals surface area contributed by atoms with Crippen molar-refractivity contribution in [2.24, 2.45) is 0 Å². The molecule has 2 saturated heterocycles. The van der Waals surface area contributed by atoms with Gasteiger partial charge in [0, 0.05) is 18.4 Å². The summed E-state index contributed by atoms with van der Waals surface area (Å²) in [5.74, 6) is 3.45. The van der Waals surface area contributed by atoms with E-state index in [4.69, 9.17) is 9.15 Å². The molecule has 3 heterocycles. The molecule has 3 rings (SSSR count). The lowest BCUT2D eigenvalue weighted by Gasteiger charge is -2.38. The van der Waals surface area contributed by atoms with E-state index in [1.165, 1.54) is 17.9 Å². The van der Waals surface area contributed by atoms with E-state index in [1.807, 2.05) is 23.9 Å². The first-order valence-electron chi connectivity index (χ1n) is 6.34. The van der Waals surface area contributed by atoms with E-state index in [-0.39, 0.29) is 5.60 Å². The predicted octanol–water partition coefficient (Wildman–Crippen LogP) is 2.42. The molecule has 17 heavy (non-hydrogen) atoms. The molecule has 2 unspecified atom stereocenters. The molecule has 3 nitrogen and oxygen atoms in total. The van der Waals surface area contributed by atoms with Crippen molar-refractivity contribution in [1.82, 2.24) is 5.32 Å². The minimum atomic E-state index is 0.170. The molecule has 0 saturated carbocycles. The standard InChI is InChI=1S/C13H19NO2S/c1-2-12(15-5-1)9-14-11-3-6-16-13(8-11)4-7-17-10-13/h1-2,5,11,14H,3-4,6-10H2. The van der Waals surface area contributed by atoms with Gasteiger partial charge in [0.15, 0.2) is 0 Å². The fourth-order valence-corrected chi connectivity index (χ4v) is 4.10. The average molecular weight is 253 g/mol. The van der Waals surface area contributed by atoms with Crippen molar-refractivity contribution in [2.45, 2.75) is 37.5 Å². The molecule has 0 aromatic carbocycles. The van der Waals surface area contributed by atoms with Crippen LogP contribution in [-0.2, 0) is 11.3 Å². The Kier molecular flexibility index (Phi) is 3.45. The van der Waals surface area contributed by atoms with E-state index >= 15 is 0 Å². The van der Waals surface area contributed by atoms with Gasteiger partial charge in [-0.15, -0.1) is 0 Å². The Bertz CT molecular complexity index is 346. The van der Waals surface area contributed by atoms with Crippen LogP contribution < -0.4 is 5.32 Å². The lowest BCUT2D eigenvalue weighted by atomic mass is 9.90. The van der Waals surface area contributed by atoms with Gasteiger partial charge in [0.25, 0.3) is 0 Å². The second kappa shape index (κ2) is 5.04. The molecule has 1 spiro atoms. The summed E-state index contributed by atoms with van der Waals surface area (Å²) in [4.78, 5) is 0. The Morgan fingerprint density at radius 3 is 3.29 bits per heavy atom. The van der Waals surface area contributed by atoms with Crippen LogP contribution in [0.4, 0.5) is 0 Å². The molecule has 2 fully saturated rings. The van der Waals surface area contributed by atoms with Crippen molar-refractivity contribution in [1.29, 1.82) is 0 Å². The molecule has 1 aromatic heterocycles. The van der Waals surface area contributed by atoms with Gasteiger partial charge in [-0.2, -0.15) is 11.8 Å². The summed E-state index contributed by atoms with van der Waals surface area (Å²) in [6.07, 6.45) is 5.22. The summed E-state index contributed by atoms with van der Waals surface area (Å²) in [6.45, 7) is 1.73. The molecule has 0 aliphatic carbocycles. The van der Waals surface area contributed by atoms with Crippen LogP contribution in [0.15, 0.2) is 22.8 Å². The molecule has 1 aromatic rings. The first-order valence-corrected chi connectivity index (χ1v) is 7.49. The highest BCUT2D eigenvalue weighted by molar-refractivity contribution is 7.99. The van der Waals surface area contributed by atoms with Crippen molar-refractivity contribution in [3.63, 3.8) is 0 Å². The fraction of sp³-hybridized carbons (Fsp3) is 0.692. The van der Waals surface area contributed by atoms with E-state index in [0.717, 1.165) is 31.8 Å². The number of thioether (sulfide) groups is 1. The van der Waals surface area contributed by atoms with Gasteiger partial charge < -0.3 is 14.5 Å². The summed E-state index contributed by atoms with van der Waals surface area (Å²) >= 11 is 2.03. The van der Waals surface area contributed by atoms with Crippen LogP contribution >= 0.6 is 11.8 Å². The quantitative estimate of drug-likeness (QED) is 0.897. The number of ether oxygens (including phenoxy) is 1. The highest BCUT2D eigenvalue weighted by atomic mass is 32.2. The van der Waals surface area contributed by atoms with Gasteiger partial charge in [-0.25, -0.2) is 0 Å². The minimum Gasteiger partial charge on any atom is -0.468 e. The first-order chi connectivity index (χ1) is 8.36. The molecule has 1 N–H and O–H groups in total. The van der Waals surface area contributed by atoms with Gasteiger partial charge in [-0.1, -0.05) is 0 Å². The number of hydrogen-bond acceptors (Lipinski definition) is 4. The number of rotatable bonds is 3. The molecule has 0 bridgehead atoms. The van der Waals surface area contributed by atoms with E-state index in [9.17, 15) is 0 Å². The van der Waals surface area contributed by atoms with E-state index < -0.39 is 0 Å². The molecule has 0 radical (unpaired) electrons. The lowest BCUT2D eigenvalue weighted by Crippen LogP contribution is -2.46. The van der Waals surface area contributed by atoms with Crippen molar-refractivity contribution in [3.8, 4) is 0 Å². The van der Waals surface area contributed by atoms with Crippen molar-refractivity contribution < 1.29 is 9.15 Å². The third kappa shape index (κ3) is 2.69. The van der Waals surface area contributed by atoms with Crippen LogP contribution in [0.3, 0.4) is 0 Å². The van der Waals surface area contributed by atoms with Crippen molar-refractivity contribution >= 4 is 11.8 Å². The van der Waals surface area contributed by atoms with Gasteiger partial charge >= 0.3 is 0 Å². The SMILES string of the molecule is c1coc(CNC2CCOC3(CCSC3)C2)c1. The maximum Gasteiger partial charge on any atom is 0.117 e. The Labute approximate surface area is 106 Å². The summed E-state index contributed by atoms with van der Waals surface area (Å²) in [5, 5.41) is 3.59. The second-order valence-electron chi connectivity index (χ2n) is 4.98. The number of hydrogen-bond donors (Lipinski definition) is 1. The molecular weight excluding hydrogens is 234 g/mol. The van der Waals surface area contributed by atoms with E-state index in [2.05, 4.69) is 5.32 Å². The Morgan fingerprint density at radius 1 is 1.53 bits per heavy atom. The Hall–Kier alpha value is -0.450.